The number of benzene rings is 1. The Morgan fingerprint density at radius 2 is 2.20 bits per heavy atom. The Kier molecular flexibility index (Phi) is 3.80. The zero-order chi connectivity index (χ0) is 14.9. The maximum atomic E-state index is 12.5. The molecule has 0 saturated carbocycles. The summed E-state index contributed by atoms with van der Waals surface area (Å²) >= 11 is 0. The van der Waals surface area contributed by atoms with Crippen LogP contribution in [0, 0.1) is 5.92 Å². The number of anilines is 2. The maximum Gasteiger partial charge on any atom is 0.268 e. The molecule has 0 aliphatic carbocycles. The molecule has 1 aliphatic heterocycles. The SMILES string of the molecule is CC(C)C1Oc2cccc(N)c2N(CC(=O)NN)C1=O. The number of amides is 2. The number of fused-ring (bicyclic) bond motifs is 1. The highest BCUT2D eigenvalue weighted by Gasteiger charge is 2.38. The number of nitrogen functional groups attached to an aromatic ring is 1. The topological polar surface area (TPSA) is 111 Å². The van der Waals surface area contributed by atoms with Gasteiger partial charge in [0.15, 0.2) is 6.10 Å². The minimum atomic E-state index is -0.644. The van der Waals surface area contributed by atoms with Crippen LogP contribution in [0.1, 0.15) is 13.8 Å². The zero-order valence-electron chi connectivity index (χ0n) is 11.4. The van der Waals surface area contributed by atoms with Gasteiger partial charge in [-0.15, -0.1) is 0 Å². The predicted octanol–water partition coefficient (Wildman–Crippen LogP) is 0.00870. The van der Waals surface area contributed by atoms with Gasteiger partial charge in [-0.05, 0) is 18.1 Å². The van der Waals surface area contributed by atoms with Gasteiger partial charge in [0, 0.05) is 0 Å². The normalized spacial score (nSPS) is 17.7. The largest absolute Gasteiger partial charge is 0.478 e. The van der Waals surface area contributed by atoms with E-state index in [9.17, 15) is 9.59 Å². The molecule has 0 aromatic heterocycles. The average Bonchev–Trinajstić information content (AvgIpc) is 2.41. The summed E-state index contributed by atoms with van der Waals surface area (Å²) in [5.41, 5.74) is 8.70. The van der Waals surface area contributed by atoms with Crippen molar-refractivity contribution in [1.82, 2.24) is 5.43 Å². The molecule has 1 atom stereocenters. The van der Waals surface area contributed by atoms with Gasteiger partial charge in [0.05, 0.1) is 5.69 Å². The van der Waals surface area contributed by atoms with E-state index in [0.717, 1.165) is 0 Å². The second kappa shape index (κ2) is 5.38. The number of hydrazine groups is 1. The number of nitrogens with two attached hydrogens (primary N) is 2. The molecule has 0 spiro atoms. The van der Waals surface area contributed by atoms with Crippen LogP contribution in [0.15, 0.2) is 18.2 Å². The van der Waals surface area contributed by atoms with Gasteiger partial charge >= 0.3 is 0 Å². The molecule has 7 nitrogen and oxygen atoms in total. The summed E-state index contributed by atoms with van der Waals surface area (Å²) in [5.74, 6) is 4.78. The van der Waals surface area contributed by atoms with Gasteiger partial charge in [0.1, 0.15) is 18.0 Å². The molecule has 0 bridgehead atoms. The van der Waals surface area contributed by atoms with Crippen molar-refractivity contribution in [1.29, 1.82) is 0 Å². The third-order valence-corrected chi connectivity index (χ3v) is 3.13. The first-order valence-electron chi connectivity index (χ1n) is 6.31. The van der Waals surface area contributed by atoms with Crippen molar-refractivity contribution in [3.05, 3.63) is 18.2 Å². The summed E-state index contributed by atoms with van der Waals surface area (Å²) < 4.78 is 5.70. The van der Waals surface area contributed by atoms with Crippen LogP contribution in [-0.4, -0.2) is 24.5 Å². The Bertz CT molecular complexity index is 544. The summed E-state index contributed by atoms with van der Waals surface area (Å²) in [6.45, 7) is 3.56. The van der Waals surface area contributed by atoms with Crippen LogP contribution in [0.2, 0.25) is 0 Å². The van der Waals surface area contributed by atoms with Crippen molar-refractivity contribution in [2.45, 2.75) is 20.0 Å². The van der Waals surface area contributed by atoms with E-state index >= 15 is 0 Å². The highest BCUT2D eigenvalue weighted by molar-refractivity contribution is 6.06. The lowest BCUT2D eigenvalue weighted by molar-refractivity contribution is -0.130. The monoisotopic (exact) mass is 278 g/mol. The standard InChI is InChI=1S/C13H18N4O3/c1-7(2)12-13(19)17(6-10(18)16-15)11-8(14)4-3-5-9(11)20-12/h3-5,7,12H,6,14-15H2,1-2H3,(H,16,18). The van der Waals surface area contributed by atoms with Gasteiger partial charge in [0.2, 0.25) is 0 Å². The number of nitrogens with zero attached hydrogens (tertiary/aromatic N) is 1. The molecule has 0 fully saturated rings. The van der Waals surface area contributed by atoms with E-state index in [1.165, 1.54) is 4.90 Å². The quantitative estimate of drug-likeness (QED) is 0.312. The highest BCUT2D eigenvalue weighted by Crippen LogP contribution is 2.39. The molecule has 2 rings (SSSR count). The summed E-state index contributed by atoms with van der Waals surface area (Å²) in [6.07, 6.45) is -0.644. The molecule has 0 radical (unpaired) electrons. The lowest BCUT2D eigenvalue weighted by atomic mass is 10.0. The van der Waals surface area contributed by atoms with Crippen molar-refractivity contribution in [3.63, 3.8) is 0 Å². The van der Waals surface area contributed by atoms with E-state index in [4.69, 9.17) is 16.3 Å². The Hall–Kier alpha value is -2.28. The van der Waals surface area contributed by atoms with Crippen LogP contribution >= 0.6 is 0 Å². The molecular weight excluding hydrogens is 260 g/mol. The van der Waals surface area contributed by atoms with Crippen LogP contribution in [0.25, 0.3) is 0 Å². The minimum Gasteiger partial charge on any atom is -0.478 e. The van der Waals surface area contributed by atoms with E-state index in [0.29, 0.717) is 17.1 Å². The van der Waals surface area contributed by atoms with Crippen molar-refractivity contribution in [2.75, 3.05) is 17.2 Å². The number of para-hydroxylation sites is 1. The first-order chi connectivity index (χ1) is 9.45. The summed E-state index contributed by atoms with van der Waals surface area (Å²) in [6, 6.07) is 5.11. The fourth-order valence-corrected chi connectivity index (χ4v) is 2.14. The molecule has 5 N–H and O–H groups in total. The van der Waals surface area contributed by atoms with Gasteiger partial charge in [-0.1, -0.05) is 19.9 Å². The van der Waals surface area contributed by atoms with Crippen molar-refractivity contribution < 1.29 is 14.3 Å². The Labute approximate surface area is 116 Å². The third kappa shape index (κ3) is 2.39. The molecule has 1 aromatic carbocycles. The molecule has 1 aromatic rings. The van der Waals surface area contributed by atoms with Crippen molar-refractivity contribution >= 4 is 23.2 Å². The summed E-state index contributed by atoms with van der Waals surface area (Å²) in [4.78, 5) is 25.3. The van der Waals surface area contributed by atoms with E-state index < -0.39 is 12.0 Å². The van der Waals surface area contributed by atoms with Crippen molar-refractivity contribution in [2.24, 2.45) is 11.8 Å². The molecule has 1 unspecified atom stereocenters. The minimum absolute atomic E-state index is 0.0273. The van der Waals surface area contributed by atoms with Crippen LogP contribution in [0.3, 0.4) is 0 Å². The average molecular weight is 278 g/mol. The van der Waals surface area contributed by atoms with E-state index in [-0.39, 0.29) is 18.4 Å². The van der Waals surface area contributed by atoms with E-state index in [2.05, 4.69) is 0 Å². The molecule has 2 amide bonds. The number of hydrogen-bond acceptors (Lipinski definition) is 5. The smallest absolute Gasteiger partial charge is 0.268 e. The fourth-order valence-electron chi connectivity index (χ4n) is 2.14. The van der Waals surface area contributed by atoms with E-state index in [1.807, 2.05) is 19.3 Å². The predicted molar refractivity (Wildman–Crippen MR) is 74.8 cm³/mol. The number of rotatable bonds is 3. The van der Waals surface area contributed by atoms with Gasteiger partial charge in [-0.2, -0.15) is 0 Å². The van der Waals surface area contributed by atoms with Crippen molar-refractivity contribution in [3.8, 4) is 5.75 Å². The number of hydrogen-bond donors (Lipinski definition) is 3. The molecule has 1 aliphatic rings. The van der Waals surface area contributed by atoms with Crippen LogP contribution in [0.4, 0.5) is 11.4 Å². The van der Waals surface area contributed by atoms with Gasteiger partial charge in [-0.25, -0.2) is 5.84 Å². The number of carbonyl (C=O) groups is 2. The van der Waals surface area contributed by atoms with Crippen LogP contribution in [0.5, 0.6) is 5.75 Å². The molecule has 7 heteroatoms. The van der Waals surface area contributed by atoms with Gasteiger partial charge < -0.3 is 10.5 Å². The molecule has 0 saturated heterocycles. The van der Waals surface area contributed by atoms with Gasteiger partial charge in [0.25, 0.3) is 11.8 Å². The molecule has 108 valence electrons. The number of nitrogens with one attached hydrogen (secondary N) is 1. The lowest BCUT2D eigenvalue weighted by Gasteiger charge is -2.36. The van der Waals surface area contributed by atoms with Crippen LogP contribution in [-0.2, 0) is 9.59 Å². The second-order valence-corrected chi connectivity index (χ2v) is 4.97. The first kappa shape index (κ1) is 14.1. The first-order valence-corrected chi connectivity index (χ1v) is 6.31. The Morgan fingerprint density at radius 1 is 1.50 bits per heavy atom. The third-order valence-electron chi connectivity index (χ3n) is 3.13. The number of carbonyl (C=O) groups excluding carboxylic acids is 2. The summed E-state index contributed by atoms with van der Waals surface area (Å²) in [7, 11) is 0. The van der Waals surface area contributed by atoms with Gasteiger partial charge in [-0.3, -0.25) is 19.9 Å². The van der Waals surface area contributed by atoms with E-state index in [1.54, 1.807) is 18.2 Å². The zero-order valence-corrected chi connectivity index (χ0v) is 11.4. The fraction of sp³-hybridized carbons (Fsp3) is 0.385. The highest BCUT2D eigenvalue weighted by atomic mass is 16.5. The second-order valence-electron chi connectivity index (χ2n) is 4.97. The number of ether oxygens (including phenoxy) is 1. The molecular formula is C13H18N4O3. The Morgan fingerprint density at radius 3 is 2.80 bits per heavy atom. The Balaban J connectivity index is 2.46. The lowest BCUT2D eigenvalue weighted by Crippen LogP contribution is -2.52. The summed E-state index contributed by atoms with van der Waals surface area (Å²) in [5, 5.41) is 0. The maximum absolute atomic E-state index is 12.5. The van der Waals surface area contributed by atoms with Crippen LogP contribution < -0.4 is 26.6 Å². The molecule has 1 heterocycles. The molecule has 20 heavy (non-hydrogen) atoms.